The Labute approximate surface area is 115 Å². The molecular formula is C11H15IN5+. The molecule has 90 valence electrons. The number of hydrogen-bond acceptors (Lipinski definition) is 4. The number of hydrogen-bond donors (Lipinski definition) is 1. The van der Waals surface area contributed by atoms with Crippen molar-refractivity contribution in [1.82, 2.24) is 8.54 Å². The fourth-order valence-corrected chi connectivity index (χ4v) is 2.88. The molecule has 0 radical (unpaired) electrons. The lowest BCUT2D eigenvalue weighted by Gasteiger charge is -2.35. The van der Waals surface area contributed by atoms with Gasteiger partial charge in [-0.3, -0.25) is 4.99 Å². The minimum atomic E-state index is 0.523. The number of rotatable bonds is 2. The van der Waals surface area contributed by atoms with Crippen molar-refractivity contribution in [2.45, 2.75) is 18.9 Å². The third-order valence-corrected chi connectivity index (χ3v) is 4.28. The average molecular weight is 344 g/mol. The van der Waals surface area contributed by atoms with Gasteiger partial charge in [0.25, 0.3) is 0 Å². The second-order valence-electron chi connectivity index (χ2n) is 4.49. The average Bonchev–Trinajstić information content (AvgIpc) is 2.75. The van der Waals surface area contributed by atoms with Gasteiger partial charge in [0, 0.05) is 36.0 Å². The number of aliphatic imine (C=N–C) groups is 2. The van der Waals surface area contributed by atoms with E-state index in [4.69, 9.17) is 0 Å². The highest BCUT2D eigenvalue weighted by Crippen LogP contribution is 2.23. The van der Waals surface area contributed by atoms with E-state index in [2.05, 4.69) is 41.4 Å². The van der Waals surface area contributed by atoms with Gasteiger partial charge in [-0.05, 0) is 12.8 Å². The third-order valence-electron chi connectivity index (χ3n) is 3.31. The molecule has 3 aliphatic heterocycles. The largest absolute Gasteiger partial charge is 0.253 e. The van der Waals surface area contributed by atoms with Crippen LogP contribution in [0.4, 0.5) is 0 Å². The van der Waals surface area contributed by atoms with Gasteiger partial charge in [-0.15, -0.1) is 10.0 Å². The molecule has 3 aliphatic rings. The van der Waals surface area contributed by atoms with Gasteiger partial charge in [-0.1, -0.05) is 0 Å². The molecular weight excluding hydrogens is 329 g/mol. The Bertz CT molecular complexity index is 420. The molecule has 0 saturated carbocycles. The smallest absolute Gasteiger partial charge is 0.219 e. The first-order valence-electron chi connectivity index (χ1n) is 5.81. The molecule has 0 aliphatic carbocycles. The summed E-state index contributed by atoms with van der Waals surface area (Å²) in [6.45, 7) is 2.29. The normalized spacial score (nSPS) is 32.9. The standard InChI is InChI=1S/C11H15IN5/c12-16-4-1-10(2-5-16)15-17-6-3-13-7-11(17)8-14-9-17/h3,6-10,15H,1-2,4-5H2/q+1. The molecule has 3 heterocycles. The van der Waals surface area contributed by atoms with E-state index in [0.717, 1.165) is 18.8 Å². The summed E-state index contributed by atoms with van der Waals surface area (Å²) in [6, 6.07) is 0.533. The Kier molecular flexibility index (Phi) is 3.12. The predicted octanol–water partition coefficient (Wildman–Crippen LogP) is 1.56. The zero-order chi connectivity index (χ0) is 11.7. The number of nitrogens with one attached hydrogen (secondary N) is 1. The first-order valence-corrected chi connectivity index (χ1v) is 6.78. The van der Waals surface area contributed by atoms with Crippen LogP contribution in [0.15, 0.2) is 34.3 Å². The van der Waals surface area contributed by atoms with Gasteiger partial charge in [0.15, 0.2) is 5.70 Å². The lowest BCUT2D eigenvalue weighted by molar-refractivity contribution is -0.787. The molecule has 0 spiro atoms. The van der Waals surface area contributed by atoms with Crippen LogP contribution >= 0.6 is 22.9 Å². The maximum absolute atomic E-state index is 4.25. The SMILES string of the molecule is IN1CCC(N[N+]23C=CN=CC2=CN=C3)CC1. The summed E-state index contributed by atoms with van der Waals surface area (Å²) in [6.07, 6.45) is 11.9. The highest BCUT2D eigenvalue weighted by atomic mass is 127. The van der Waals surface area contributed by atoms with Crippen molar-refractivity contribution >= 4 is 35.4 Å². The minimum absolute atomic E-state index is 0.523. The Morgan fingerprint density at radius 1 is 1.35 bits per heavy atom. The first kappa shape index (κ1) is 11.5. The van der Waals surface area contributed by atoms with Crippen molar-refractivity contribution in [1.29, 1.82) is 0 Å². The molecule has 1 fully saturated rings. The molecule has 0 aromatic heterocycles. The van der Waals surface area contributed by atoms with Crippen LogP contribution in [0.25, 0.3) is 0 Å². The Balaban J connectivity index is 1.72. The zero-order valence-electron chi connectivity index (χ0n) is 9.46. The summed E-state index contributed by atoms with van der Waals surface area (Å²) < 4.78 is 2.87. The fraction of sp³-hybridized carbons (Fsp3) is 0.455. The van der Waals surface area contributed by atoms with E-state index in [-0.39, 0.29) is 0 Å². The van der Waals surface area contributed by atoms with Crippen LogP contribution in [0.3, 0.4) is 0 Å². The van der Waals surface area contributed by atoms with E-state index in [0.29, 0.717) is 10.6 Å². The number of allylic oxidation sites excluding steroid dienone is 1. The van der Waals surface area contributed by atoms with Crippen LogP contribution in [0.2, 0.25) is 0 Å². The summed E-state index contributed by atoms with van der Waals surface area (Å²) in [5.41, 5.74) is 4.75. The Hall–Kier alpha value is -0.570. The number of quaternary nitrogens is 1. The van der Waals surface area contributed by atoms with Crippen LogP contribution < -0.4 is 5.43 Å². The number of halogens is 1. The van der Waals surface area contributed by atoms with E-state index in [1.54, 1.807) is 0 Å². The molecule has 1 saturated heterocycles. The van der Waals surface area contributed by atoms with Crippen molar-refractivity contribution in [3.63, 3.8) is 0 Å². The van der Waals surface area contributed by atoms with Crippen molar-refractivity contribution < 1.29 is 4.59 Å². The number of nitrogens with zero attached hydrogens (tertiary/aromatic N) is 4. The van der Waals surface area contributed by atoms with Gasteiger partial charge in [-0.2, -0.15) is 0 Å². The van der Waals surface area contributed by atoms with Crippen LogP contribution in [-0.4, -0.2) is 39.4 Å². The molecule has 0 amide bonds. The maximum Gasteiger partial charge on any atom is 0.219 e. The van der Waals surface area contributed by atoms with Crippen LogP contribution in [0.1, 0.15) is 12.8 Å². The number of piperidine rings is 1. The van der Waals surface area contributed by atoms with Crippen LogP contribution in [0, 0.1) is 0 Å². The third kappa shape index (κ3) is 2.22. The first-order chi connectivity index (χ1) is 8.28. The summed E-state index contributed by atoms with van der Waals surface area (Å²) >= 11 is 2.39. The summed E-state index contributed by atoms with van der Waals surface area (Å²) in [4.78, 5) is 8.40. The van der Waals surface area contributed by atoms with Crippen molar-refractivity contribution in [2.24, 2.45) is 9.98 Å². The lowest BCUT2D eigenvalue weighted by Crippen LogP contribution is -2.57. The van der Waals surface area contributed by atoms with E-state index >= 15 is 0 Å². The molecule has 0 aromatic rings. The molecule has 5 nitrogen and oxygen atoms in total. The quantitative estimate of drug-likeness (QED) is 0.469. The maximum atomic E-state index is 4.25. The predicted molar refractivity (Wildman–Crippen MR) is 76.2 cm³/mol. The van der Waals surface area contributed by atoms with Gasteiger partial charge >= 0.3 is 0 Å². The highest BCUT2D eigenvalue weighted by Gasteiger charge is 2.37. The fourth-order valence-electron chi connectivity index (χ4n) is 2.32. The molecule has 0 bridgehead atoms. The summed E-state index contributed by atoms with van der Waals surface area (Å²) in [5, 5.41) is 0. The van der Waals surface area contributed by atoms with Gasteiger partial charge in [0.1, 0.15) is 6.20 Å². The van der Waals surface area contributed by atoms with E-state index in [1.165, 1.54) is 12.8 Å². The molecule has 3 rings (SSSR count). The van der Waals surface area contributed by atoms with E-state index in [1.807, 2.05) is 31.2 Å². The summed E-state index contributed by atoms with van der Waals surface area (Å²) in [5.74, 6) is 0. The van der Waals surface area contributed by atoms with E-state index < -0.39 is 0 Å². The van der Waals surface area contributed by atoms with Gasteiger partial charge in [-0.25, -0.2) is 8.11 Å². The van der Waals surface area contributed by atoms with Crippen LogP contribution in [0.5, 0.6) is 0 Å². The monoisotopic (exact) mass is 344 g/mol. The highest BCUT2D eigenvalue weighted by molar-refractivity contribution is 14.1. The number of fused-ring (bicyclic) bond motifs is 1. The zero-order valence-corrected chi connectivity index (χ0v) is 11.6. The van der Waals surface area contributed by atoms with Crippen molar-refractivity contribution in [2.75, 3.05) is 13.1 Å². The van der Waals surface area contributed by atoms with Crippen LogP contribution in [-0.2, 0) is 0 Å². The van der Waals surface area contributed by atoms with E-state index in [9.17, 15) is 0 Å². The second-order valence-corrected chi connectivity index (χ2v) is 5.85. The second kappa shape index (κ2) is 4.60. The van der Waals surface area contributed by atoms with Gasteiger partial charge < -0.3 is 0 Å². The Morgan fingerprint density at radius 2 is 2.18 bits per heavy atom. The molecule has 1 unspecified atom stereocenters. The lowest BCUT2D eigenvalue weighted by atomic mass is 10.1. The molecule has 1 N–H and O–H groups in total. The molecule has 17 heavy (non-hydrogen) atoms. The molecule has 6 heteroatoms. The Morgan fingerprint density at radius 3 is 3.00 bits per heavy atom. The topological polar surface area (TPSA) is 40.0 Å². The van der Waals surface area contributed by atoms with Gasteiger partial charge in [0.05, 0.1) is 24.7 Å². The molecule has 0 aromatic carbocycles. The van der Waals surface area contributed by atoms with Crippen molar-refractivity contribution in [3.8, 4) is 0 Å². The summed E-state index contributed by atoms with van der Waals surface area (Å²) in [7, 11) is 0. The minimum Gasteiger partial charge on any atom is -0.253 e. The molecule has 1 atom stereocenters. The van der Waals surface area contributed by atoms with Crippen molar-refractivity contribution in [3.05, 3.63) is 24.3 Å². The van der Waals surface area contributed by atoms with Gasteiger partial charge in [0.2, 0.25) is 6.34 Å².